The second-order valence-corrected chi connectivity index (χ2v) is 6.86. The average molecular weight is 375 g/mol. The number of benzene rings is 3. The van der Waals surface area contributed by atoms with Gasteiger partial charge in [0.25, 0.3) is 0 Å². The van der Waals surface area contributed by atoms with E-state index in [9.17, 15) is 19.1 Å². The first-order chi connectivity index (χ1) is 13.5. The minimum absolute atomic E-state index is 0.181. The summed E-state index contributed by atoms with van der Waals surface area (Å²) >= 11 is 0. The molecule has 0 unspecified atom stereocenters. The van der Waals surface area contributed by atoms with Crippen molar-refractivity contribution in [1.29, 1.82) is 0 Å². The van der Waals surface area contributed by atoms with Crippen LogP contribution in [0, 0.1) is 11.7 Å². The maximum atomic E-state index is 13.0. The summed E-state index contributed by atoms with van der Waals surface area (Å²) in [5, 5.41) is 12.6. The highest BCUT2D eigenvalue weighted by molar-refractivity contribution is 5.94. The normalized spacial score (nSPS) is 13.5. The van der Waals surface area contributed by atoms with Crippen molar-refractivity contribution >= 4 is 17.6 Å². The van der Waals surface area contributed by atoms with Crippen LogP contribution in [0.2, 0.25) is 0 Å². The van der Waals surface area contributed by atoms with Gasteiger partial charge in [-0.05, 0) is 46.5 Å². The number of amides is 1. The van der Waals surface area contributed by atoms with Gasteiger partial charge in [-0.1, -0.05) is 48.5 Å². The Morgan fingerprint density at radius 3 is 1.96 bits per heavy atom. The Bertz CT molecular complexity index is 1000. The van der Waals surface area contributed by atoms with Gasteiger partial charge in [-0.25, -0.2) is 4.39 Å². The zero-order chi connectivity index (χ0) is 19.7. The molecular formula is C23H18FNO3. The van der Waals surface area contributed by atoms with E-state index in [-0.39, 0.29) is 6.42 Å². The van der Waals surface area contributed by atoms with Crippen molar-refractivity contribution in [2.45, 2.75) is 12.3 Å². The predicted octanol–water partition coefficient (Wildman–Crippen LogP) is 4.67. The molecule has 1 aliphatic carbocycles. The monoisotopic (exact) mass is 375 g/mol. The lowest BCUT2D eigenvalue weighted by atomic mass is 9.82. The van der Waals surface area contributed by atoms with Crippen LogP contribution in [0.3, 0.4) is 0 Å². The van der Waals surface area contributed by atoms with Crippen molar-refractivity contribution in [2.75, 3.05) is 5.32 Å². The van der Waals surface area contributed by atoms with E-state index in [2.05, 4.69) is 5.32 Å². The molecule has 0 fully saturated rings. The summed E-state index contributed by atoms with van der Waals surface area (Å²) < 4.78 is 13.0. The minimum atomic E-state index is -1.02. The van der Waals surface area contributed by atoms with Crippen LogP contribution in [-0.4, -0.2) is 17.0 Å². The van der Waals surface area contributed by atoms with Gasteiger partial charge in [-0.15, -0.1) is 0 Å². The maximum absolute atomic E-state index is 13.0. The number of aliphatic carboxylic acids is 1. The lowest BCUT2D eigenvalue weighted by molar-refractivity contribution is -0.144. The fraction of sp³-hybridized carbons (Fsp3) is 0.130. The smallest absolute Gasteiger partial charge is 0.307 e. The number of anilines is 1. The van der Waals surface area contributed by atoms with Gasteiger partial charge in [0.05, 0.1) is 5.92 Å². The van der Waals surface area contributed by atoms with E-state index in [0.717, 1.165) is 22.3 Å². The molecule has 0 saturated heterocycles. The second kappa shape index (κ2) is 7.27. The third kappa shape index (κ3) is 3.27. The Labute approximate surface area is 161 Å². The summed E-state index contributed by atoms with van der Waals surface area (Å²) in [6, 6.07) is 20.8. The van der Waals surface area contributed by atoms with Crippen LogP contribution >= 0.6 is 0 Å². The van der Waals surface area contributed by atoms with Gasteiger partial charge in [0.2, 0.25) is 5.91 Å². The number of fused-ring (bicyclic) bond motifs is 3. The Hall–Kier alpha value is -3.47. The van der Waals surface area contributed by atoms with Gasteiger partial charge < -0.3 is 10.4 Å². The molecule has 4 nitrogen and oxygen atoms in total. The van der Waals surface area contributed by atoms with Crippen LogP contribution < -0.4 is 5.32 Å². The molecule has 0 aliphatic heterocycles. The number of halogens is 1. The number of carboxylic acid groups (broad SMARTS) is 1. The molecule has 2 N–H and O–H groups in total. The second-order valence-electron chi connectivity index (χ2n) is 6.86. The van der Waals surface area contributed by atoms with Crippen LogP contribution in [0.1, 0.15) is 23.5 Å². The van der Waals surface area contributed by atoms with Crippen molar-refractivity contribution in [3.05, 3.63) is 89.7 Å². The number of carboxylic acids is 1. The highest BCUT2D eigenvalue weighted by Crippen LogP contribution is 2.48. The first-order valence-electron chi connectivity index (χ1n) is 9.01. The van der Waals surface area contributed by atoms with Gasteiger partial charge >= 0.3 is 5.97 Å². The highest BCUT2D eigenvalue weighted by Gasteiger charge is 2.38. The summed E-state index contributed by atoms with van der Waals surface area (Å²) in [5.74, 6) is -3.15. The summed E-state index contributed by atoms with van der Waals surface area (Å²) in [7, 11) is 0. The Balaban J connectivity index is 1.64. The largest absolute Gasteiger partial charge is 0.481 e. The molecule has 0 heterocycles. The topological polar surface area (TPSA) is 66.4 Å². The molecule has 3 aromatic carbocycles. The molecule has 140 valence electrons. The molecule has 28 heavy (non-hydrogen) atoms. The molecule has 3 aromatic rings. The van der Waals surface area contributed by atoms with Crippen LogP contribution in [-0.2, 0) is 9.59 Å². The number of nitrogens with one attached hydrogen (secondary N) is 1. The SMILES string of the molecule is O=C(C[C@H](C(=O)O)C1c2ccccc2-c2ccccc21)Nc1ccc(F)cc1. The van der Waals surface area contributed by atoms with Crippen LogP contribution in [0.15, 0.2) is 72.8 Å². The number of carbonyl (C=O) groups excluding carboxylic acids is 1. The maximum Gasteiger partial charge on any atom is 0.307 e. The molecular weight excluding hydrogens is 357 g/mol. The molecule has 5 heteroatoms. The lowest BCUT2D eigenvalue weighted by Gasteiger charge is -2.21. The molecule has 0 aromatic heterocycles. The van der Waals surface area contributed by atoms with Gasteiger partial charge in [-0.3, -0.25) is 9.59 Å². The Morgan fingerprint density at radius 1 is 0.893 bits per heavy atom. The molecule has 0 saturated carbocycles. The van der Waals surface area contributed by atoms with Gasteiger partial charge in [-0.2, -0.15) is 0 Å². The van der Waals surface area contributed by atoms with E-state index in [4.69, 9.17) is 0 Å². The first-order valence-corrected chi connectivity index (χ1v) is 9.01. The van der Waals surface area contributed by atoms with Crippen LogP contribution in [0.25, 0.3) is 11.1 Å². The third-order valence-electron chi connectivity index (χ3n) is 5.13. The number of rotatable bonds is 5. The van der Waals surface area contributed by atoms with E-state index >= 15 is 0 Å². The van der Waals surface area contributed by atoms with Crippen molar-refractivity contribution in [3.8, 4) is 11.1 Å². The lowest BCUT2D eigenvalue weighted by Crippen LogP contribution is -2.27. The zero-order valence-electron chi connectivity index (χ0n) is 14.9. The van der Waals surface area contributed by atoms with Crippen molar-refractivity contribution in [1.82, 2.24) is 0 Å². The van der Waals surface area contributed by atoms with Crippen molar-refractivity contribution in [2.24, 2.45) is 5.92 Å². The summed E-state index contributed by atoms with van der Waals surface area (Å²) in [4.78, 5) is 24.6. The van der Waals surface area contributed by atoms with E-state index in [1.54, 1.807) is 0 Å². The molecule has 1 aliphatic rings. The van der Waals surface area contributed by atoms with Crippen molar-refractivity contribution in [3.63, 3.8) is 0 Å². The van der Waals surface area contributed by atoms with E-state index < -0.39 is 29.5 Å². The molecule has 0 spiro atoms. The standard InChI is InChI=1S/C23H18FNO3/c24-14-9-11-15(12-10-14)25-21(26)13-20(23(27)28)22-18-7-3-1-5-16(18)17-6-2-4-8-19(17)22/h1-12,20,22H,13H2,(H,25,26)(H,27,28)/t20-/m0/s1. The van der Waals surface area contributed by atoms with E-state index in [1.807, 2.05) is 48.5 Å². The summed E-state index contributed by atoms with van der Waals surface area (Å²) in [6.45, 7) is 0. The Morgan fingerprint density at radius 2 is 1.43 bits per heavy atom. The molecule has 4 rings (SSSR count). The third-order valence-corrected chi connectivity index (χ3v) is 5.13. The number of carbonyl (C=O) groups is 2. The quantitative estimate of drug-likeness (QED) is 0.681. The van der Waals surface area contributed by atoms with Gasteiger partial charge in [0, 0.05) is 18.0 Å². The predicted molar refractivity (Wildman–Crippen MR) is 104 cm³/mol. The molecule has 0 bridgehead atoms. The van der Waals surface area contributed by atoms with Crippen molar-refractivity contribution < 1.29 is 19.1 Å². The molecule has 1 amide bonds. The van der Waals surface area contributed by atoms with E-state index in [0.29, 0.717) is 5.69 Å². The fourth-order valence-electron chi connectivity index (χ4n) is 3.92. The van der Waals surface area contributed by atoms with E-state index in [1.165, 1.54) is 24.3 Å². The van der Waals surface area contributed by atoms with Crippen LogP contribution in [0.5, 0.6) is 0 Å². The van der Waals surface area contributed by atoms with Gasteiger partial charge in [0.1, 0.15) is 5.82 Å². The molecule has 0 radical (unpaired) electrons. The minimum Gasteiger partial charge on any atom is -0.481 e. The molecule has 1 atom stereocenters. The highest BCUT2D eigenvalue weighted by atomic mass is 19.1. The van der Waals surface area contributed by atoms with Crippen LogP contribution in [0.4, 0.5) is 10.1 Å². The Kier molecular flexibility index (Phi) is 4.65. The first kappa shape index (κ1) is 17.9. The van der Waals surface area contributed by atoms with Gasteiger partial charge in [0.15, 0.2) is 0 Å². The average Bonchev–Trinajstić information content (AvgIpc) is 3.02. The fourth-order valence-corrected chi connectivity index (χ4v) is 3.92. The number of hydrogen-bond acceptors (Lipinski definition) is 2. The summed E-state index contributed by atoms with van der Waals surface area (Å²) in [5.41, 5.74) is 4.29. The summed E-state index contributed by atoms with van der Waals surface area (Å²) in [6.07, 6.45) is -0.181. The zero-order valence-corrected chi connectivity index (χ0v) is 14.9. The number of hydrogen-bond donors (Lipinski definition) is 2.